The van der Waals surface area contributed by atoms with Crippen molar-refractivity contribution in [2.24, 2.45) is 5.92 Å². The summed E-state index contributed by atoms with van der Waals surface area (Å²) in [4.78, 5) is 12.9. The molecule has 0 bridgehead atoms. The molecule has 7 nitrogen and oxygen atoms in total. The molecular formula is C30H37NO6S2. The number of methoxy groups -OCH3 is 2. The zero-order valence-electron chi connectivity index (χ0n) is 22.9. The number of esters is 1. The Kier molecular flexibility index (Phi) is 11.7. The number of sulfonamides is 1. The van der Waals surface area contributed by atoms with Gasteiger partial charge in [0, 0.05) is 12.3 Å². The van der Waals surface area contributed by atoms with Gasteiger partial charge in [0.15, 0.2) is 0 Å². The van der Waals surface area contributed by atoms with Gasteiger partial charge in [-0.15, -0.1) is 0 Å². The van der Waals surface area contributed by atoms with Crippen LogP contribution in [0.25, 0.3) is 0 Å². The van der Waals surface area contributed by atoms with E-state index in [0.29, 0.717) is 24.5 Å². The molecule has 210 valence electrons. The maximum Gasteiger partial charge on any atom is 0.324 e. The standard InChI is InChI=1S/C30H37NO6S2/c1-23(2)20-31(39(33,34)28-16-14-26(35-3)15-17-28)29(30(32)36-4)18-19-38-22-25-10-12-27(13-11-25)37-21-24-8-6-5-7-9-24/h5-17,23,29H,18-22H2,1-4H3. The molecule has 0 N–H and O–H groups in total. The van der Waals surface area contributed by atoms with E-state index in [-0.39, 0.29) is 17.4 Å². The minimum atomic E-state index is -3.94. The zero-order chi connectivity index (χ0) is 28.3. The fourth-order valence-corrected chi connectivity index (χ4v) is 6.69. The minimum Gasteiger partial charge on any atom is -0.497 e. The summed E-state index contributed by atoms with van der Waals surface area (Å²) in [5.41, 5.74) is 2.23. The van der Waals surface area contributed by atoms with Crippen LogP contribution in [-0.4, -0.2) is 51.3 Å². The summed E-state index contributed by atoms with van der Waals surface area (Å²) in [6.45, 7) is 4.55. The number of ether oxygens (including phenoxy) is 3. The number of carbonyl (C=O) groups is 1. The van der Waals surface area contributed by atoms with Crippen LogP contribution in [0, 0.1) is 5.92 Å². The van der Waals surface area contributed by atoms with Crippen molar-refractivity contribution in [1.29, 1.82) is 0 Å². The number of thioether (sulfide) groups is 1. The molecule has 0 aliphatic rings. The molecule has 3 aromatic rings. The molecule has 0 radical (unpaired) electrons. The first-order valence-electron chi connectivity index (χ1n) is 12.8. The molecule has 0 fully saturated rings. The average molecular weight is 572 g/mol. The van der Waals surface area contributed by atoms with Crippen molar-refractivity contribution in [2.75, 3.05) is 26.5 Å². The summed E-state index contributed by atoms with van der Waals surface area (Å²) in [5.74, 6) is 2.11. The second-order valence-electron chi connectivity index (χ2n) is 9.44. The van der Waals surface area contributed by atoms with Gasteiger partial charge in [-0.25, -0.2) is 8.42 Å². The van der Waals surface area contributed by atoms with Gasteiger partial charge in [-0.05, 0) is 65.6 Å². The van der Waals surface area contributed by atoms with E-state index in [4.69, 9.17) is 14.2 Å². The maximum absolute atomic E-state index is 13.6. The number of nitrogens with zero attached hydrogens (tertiary/aromatic N) is 1. The molecule has 1 unspecified atom stereocenters. The summed E-state index contributed by atoms with van der Waals surface area (Å²) in [5, 5.41) is 0. The van der Waals surface area contributed by atoms with Gasteiger partial charge in [0.1, 0.15) is 24.1 Å². The van der Waals surface area contributed by atoms with Crippen molar-refractivity contribution in [3.05, 3.63) is 90.0 Å². The predicted molar refractivity (Wildman–Crippen MR) is 156 cm³/mol. The summed E-state index contributed by atoms with van der Waals surface area (Å²) in [6, 6.07) is 23.2. The van der Waals surface area contributed by atoms with Crippen molar-refractivity contribution in [3.63, 3.8) is 0 Å². The molecule has 0 aromatic heterocycles. The van der Waals surface area contributed by atoms with Crippen LogP contribution in [0.2, 0.25) is 0 Å². The first kappa shape index (κ1) is 30.5. The normalized spacial score (nSPS) is 12.4. The number of rotatable bonds is 15. The number of carbonyl (C=O) groups excluding carboxylic acids is 1. The number of hydrogen-bond donors (Lipinski definition) is 0. The Hall–Kier alpha value is -3.01. The Morgan fingerprint density at radius 2 is 1.51 bits per heavy atom. The third kappa shape index (κ3) is 9.02. The number of benzene rings is 3. The van der Waals surface area contributed by atoms with Crippen LogP contribution in [0.4, 0.5) is 0 Å². The van der Waals surface area contributed by atoms with Crippen LogP contribution in [-0.2, 0) is 31.9 Å². The van der Waals surface area contributed by atoms with E-state index in [0.717, 1.165) is 22.6 Å². The van der Waals surface area contributed by atoms with Crippen molar-refractivity contribution in [3.8, 4) is 11.5 Å². The van der Waals surface area contributed by atoms with Gasteiger partial charge in [0.25, 0.3) is 0 Å². The van der Waals surface area contributed by atoms with Gasteiger partial charge >= 0.3 is 5.97 Å². The van der Waals surface area contributed by atoms with Crippen molar-refractivity contribution in [1.82, 2.24) is 4.31 Å². The predicted octanol–water partition coefficient (Wildman–Crippen LogP) is 5.79. The van der Waals surface area contributed by atoms with Gasteiger partial charge in [-0.1, -0.05) is 56.3 Å². The lowest BCUT2D eigenvalue weighted by atomic mass is 10.1. The lowest BCUT2D eigenvalue weighted by molar-refractivity contribution is -0.145. The molecule has 0 heterocycles. The molecule has 0 saturated carbocycles. The van der Waals surface area contributed by atoms with Gasteiger partial charge in [-0.3, -0.25) is 4.79 Å². The molecule has 3 rings (SSSR count). The van der Waals surface area contributed by atoms with Gasteiger partial charge in [0.05, 0.1) is 19.1 Å². The molecule has 0 spiro atoms. The van der Waals surface area contributed by atoms with E-state index in [1.54, 1.807) is 23.9 Å². The summed E-state index contributed by atoms with van der Waals surface area (Å²) < 4.78 is 44.6. The average Bonchev–Trinajstić information content (AvgIpc) is 2.95. The monoisotopic (exact) mass is 571 g/mol. The summed E-state index contributed by atoms with van der Waals surface area (Å²) in [6.07, 6.45) is 0.331. The van der Waals surface area contributed by atoms with Crippen LogP contribution < -0.4 is 9.47 Å². The van der Waals surface area contributed by atoms with E-state index >= 15 is 0 Å². The smallest absolute Gasteiger partial charge is 0.324 e. The Labute approximate surface area is 236 Å². The zero-order valence-corrected chi connectivity index (χ0v) is 24.5. The van der Waals surface area contributed by atoms with E-state index in [9.17, 15) is 13.2 Å². The second-order valence-corrected chi connectivity index (χ2v) is 12.4. The SMILES string of the molecule is COC(=O)C(CCSCc1ccc(OCc2ccccc2)cc1)N(CC(C)C)S(=O)(=O)c1ccc(OC)cc1. The third-order valence-electron chi connectivity index (χ3n) is 6.01. The van der Waals surface area contributed by atoms with Crippen LogP contribution in [0.5, 0.6) is 11.5 Å². The molecule has 0 saturated heterocycles. The van der Waals surface area contributed by atoms with E-state index in [1.165, 1.54) is 30.7 Å². The van der Waals surface area contributed by atoms with Gasteiger partial charge in [-0.2, -0.15) is 16.1 Å². The van der Waals surface area contributed by atoms with Gasteiger partial charge in [0.2, 0.25) is 10.0 Å². The topological polar surface area (TPSA) is 82.1 Å². The van der Waals surface area contributed by atoms with E-state index in [1.807, 2.05) is 68.4 Å². The highest BCUT2D eigenvalue weighted by molar-refractivity contribution is 7.98. The Morgan fingerprint density at radius 3 is 2.10 bits per heavy atom. The fraction of sp³-hybridized carbons (Fsp3) is 0.367. The molecule has 1 atom stereocenters. The Balaban J connectivity index is 1.62. The van der Waals surface area contributed by atoms with Gasteiger partial charge < -0.3 is 14.2 Å². The lowest BCUT2D eigenvalue weighted by Gasteiger charge is -2.30. The molecule has 0 aliphatic heterocycles. The quantitative estimate of drug-likeness (QED) is 0.169. The minimum absolute atomic E-state index is 0.0143. The fourth-order valence-electron chi connectivity index (χ4n) is 3.96. The molecule has 9 heteroatoms. The van der Waals surface area contributed by atoms with Crippen LogP contribution >= 0.6 is 11.8 Å². The van der Waals surface area contributed by atoms with E-state index < -0.39 is 22.0 Å². The largest absolute Gasteiger partial charge is 0.497 e. The van der Waals surface area contributed by atoms with Crippen LogP contribution in [0.1, 0.15) is 31.4 Å². The van der Waals surface area contributed by atoms with Crippen LogP contribution in [0.15, 0.2) is 83.8 Å². The highest BCUT2D eigenvalue weighted by atomic mass is 32.2. The lowest BCUT2D eigenvalue weighted by Crippen LogP contribution is -2.47. The summed E-state index contributed by atoms with van der Waals surface area (Å²) >= 11 is 1.64. The molecule has 39 heavy (non-hydrogen) atoms. The molecule has 0 amide bonds. The Bertz CT molecular complexity index is 1260. The summed E-state index contributed by atoms with van der Waals surface area (Å²) in [7, 11) is -1.13. The van der Waals surface area contributed by atoms with Crippen molar-refractivity contribution < 1.29 is 27.4 Å². The van der Waals surface area contributed by atoms with E-state index in [2.05, 4.69) is 0 Å². The van der Waals surface area contributed by atoms with Crippen molar-refractivity contribution >= 4 is 27.8 Å². The number of hydrogen-bond acceptors (Lipinski definition) is 7. The second kappa shape index (κ2) is 15.0. The van der Waals surface area contributed by atoms with Crippen molar-refractivity contribution in [2.45, 2.75) is 43.6 Å². The molecular weight excluding hydrogens is 534 g/mol. The first-order chi connectivity index (χ1) is 18.7. The molecule has 3 aromatic carbocycles. The Morgan fingerprint density at radius 1 is 0.872 bits per heavy atom. The highest BCUT2D eigenvalue weighted by Gasteiger charge is 2.36. The van der Waals surface area contributed by atoms with Crippen LogP contribution in [0.3, 0.4) is 0 Å². The highest BCUT2D eigenvalue weighted by Crippen LogP contribution is 2.26. The third-order valence-corrected chi connectivity index (χ3v) is 8.96. The maximum atomic E-state index is 13.6. The first-order valence-corrected chi connectivity index (χ1v) is 15.4. The molecule has 0 aliphatic carbocycles.